The zero-order chi connectivity index (χ0) is 12.8. The van der Waals surface area contributed by atoms with E-state index in [-0.39, 0.29) is 11.6 Å². The van der Waals surface area contributed by atoms with Gasteiger partial charge in [-0.25, -0.2) is 4.79 Å². The second-order valence-electron chi connectivity index (χ2n) is 6.52. The molecule has 3 atom stereocenters. The lowest BCUT2D eigenvalue weighted by Crippen LogP contribution is -2.49. The Hall–Kier alpha value is -0.770. The molecule has 2 fully saturated rings. The van der Waals surface area contributed by atoms with Crippen molar-refractivity contribution in [3.8, 4) is 0 Å². The second-order valence-corrected chi connectivity index (χ2v) is 6.52. The molecule has 4 heteroatoms. The van der Waals surface area contributed by atoms with Crippen molar-refractivity contribution >= 4 is 6.09 Å². The van der Waals surface area contributed by atoms with Gasteiger partial charge in [-0.05, 0) is 39.0 Å². The summed E-state index contributed by atoms with van der Waals surface area (Å²) in [5.41, 5.74) is 0.169. The highest BCUT2D eigenvalue weighted by Gasteiger charge is 2.55. The van der Waals surface area contributed by atoms with E-state index in [1.165, 1.54) is 17.9 Å². The number of amides is 1. The third-order valence-electron chi connectivity index (χ3n) is 3.91. The fourth-order valence-electron chi connectivity index (χ4n) is 2.84. The van der Waals surface area contributed by atoms with Crippen molar-refractivity contribution < 1.29 is 9.53 Å². The van der Waals surface area contributed by atoms with Crippen LogP contribution < -0.4 is 0 Å². The summed E-state index contributed by atoms with van der Waals surface area (Å²) in [5.74, 6) is 1.60. The number of hydrogen-bond donors (Lipinski definition) is 0. The highest BCUT2D eigenvalue weighted by Crippen LogP contribution is 2.51. The van der Waals surface area contributed by atoms with E-state index in [0.29, 0.717) is 12.6 Å². The topological polar surface area (TPSA) is 32.8 Å². The summed E-state index contributed by atoms with van der Waals surface area (Å²) in [5, 5.41) is 0. The van der Waals surface area contributed by atoms with Crippen molar-refractivity contribution in [2.24, 2.45) is 11.8 Å². The summed E-state index contributed by atoms with van der Waals surface area (Å²) in [6.45, 7) is 8.41. The van der Waals surface area contributed by atoms with E-state index in [2.05, 4.69) is 25.7 Å². The molecule has 1 aliphatic heterocycles. The molecule has 0 N–H and O–H groups in total. The van der Waals surface area contributed by atoms with Gasteiger partial charge in [0.1, 0.15) is 6.61 Å². The van der Waals surface area contributed by atoms with E-state index in [1.54, 1.807) is 14.1 Å². The molecule has 1 aliphatic carbocycles. The van der Waals surface area contributed by atoms with Crippen molar-refractivity contribution in [2.75, 3.05) is 27.2 Å². The van der Waals surface area contributed by atoms with Crippen LogP contribution in [0.25, 0.3) is 0 Å². The van der Waals surface area contributed by atoms with Gasteiger partial charge in [0.05, 0.1) is 0 Å². The van der Waals surface area contributed by atoms with Crippen LogP contribution in [-0.4, -0.2) is 54.7 Å². The van der Waals surface area contributed by atoms with Gasteiger partial charge in [0.2, 0.25) is 0 Å². The molecular weight excluding hydrogens is 216 g/mol. The van der Waals surface area contributed by atoms with Crippen molar-refractivity contribution in [1.82, 2.24) is 9.80 Å². The van der Waals surface area contributed by atoms with Crippen LogP contribution in [0.2, 0.25) is 0 Å². The number of piperidine rings is 1. The van der Waals surface area contributed by atoms with Gasteiger partial charge in [-0.3, -0.25) is 4.90 Å². The van der Waals surface area contributed by atoms with E-state index in [1.807, 2.05) is 0 Å². The fourth-order valence-corrected chi connectivity index (χ4v) is 2.84. The minimum atomic E-state index is -0.233. The van der Waals surface area contributed by atoms with Gasteiger partial charge >= 0.3 is 6.09 Å². The maximum absolute atomic E-state index is 11.5. The second kappa shape index (κ2) is 4.16. The highest BCUT2D eigenvalue weighted by atomic mass is 16.6. The summed E-state index contributed by atoms with van der Waals surface area (Å²) < 4.78 is 5.36. The van der Waals surface area contributed by atoms with E-state index in [0.717, 1.165) is 11.8 Å². The van der Waals surface area contributed by atoms with Gasteiger partial charge in [-0.2, -0.15) is 0 Å². The van der Waals surface area contributed by atoms with Crippen LogP contribution in [0.1, 0.15) is 27.2 Å². The van der Waals surface area contributed by atoms with Crippen LogP contribution >= 0.6 is 0 Å². The van der Waals surface area contributed by atoms with Gasteiger partial charge < -0.3 is 9.64 Å². The molecule has 0 aromatic carbocycles. The Morgan fingerprint density at radius 1 is 1.41 bits per heavy atom. The first-order valence-corrected chi connectivity index (χ1v) is 6.41. The Kier molecular flexibility index (Phi) is 3.10. The molecule has 2 unspecified atom stereocenters. The first-order chi connectivity index (χ1) is 7.80. The molecular formula is C13H24N2O2. The van der Waals surface area contributed by atoms with Gasteiger partial charge in [0, 0.05) is 32.2 Å². The third kappa shape index (κ3) is 2.57. The molecule has 0 aromatic heterocycles. The van der Waals surface area contributed by atoms with Crippen molar-refractivity contribution in [3.63, 3.8) is 0 Å². The molecule has 17 heavy (non-hydrogen) atoms. The minimum Gasteiger partial charge on any atom is -0.448 e. The molecule has 98 valence electrons. The van der Waals surface area contributed by atoms with Crippen LogP contribution in [0.4, 0.5) is 4.79 Å². The Morgan fingerprint density at radius 2 is 2.06 bits per heavy atom. The molecule has 2 rings (SSSR count). The largest absolute Gasteiger partial charge is 0.448 e. The van der Waals surface area contributed by atoms with Crippen molar-refractivity contribution in [2.45, 2.75) is 38.8 Å². The zero-order valence-corrected chi connectivity index (χ0v) is 11.6. The van der Waals surface area contributed by atoms with Gasteiger partial charge in [-0.1, -0.05) is 0 Å². The average Bonchev–Trinajstić information content (AvgIpc) is 2.87. The molecule has 2 aliphatic rings. The van der Waals surface area contributed by atoms with Crippen LogP contribution in [-0.2, 0) is 4.74 Å². The van der Waals surface area contributed by atoms with Gasteiger partial charge in [0.25, 0.3) is 0 Å². The standard InChI is InChI=1S/C13H24N2O2/c1-13(2,3)15-7-9-6-10(9)11(15)8-17-12(16)14(4)5/h9-11H,6-8H2,1-5H3/t9?,10?,11-/m1/s1. The SMILES string of the molecule is CN(C)C(=O)OC[C@@H]1C2CC2CN1C(C)(C)C. The van der Waals surface area contributed by atoms with E-state index >= 15 is 0 Å². The number of carbonyl (C=O) groups is 1. The monoisotopic (exact) mass is 240 g/mol. The molecule has 1 heterocycles. The number of nitrogens with zero attached hydrogens (tertiary/aromatic N) is 2. The molecule has 4 nitrogen and oxygen atoms in total. The number of carbonyl (C=O) groups excluding carboxylic acids is 1. The van der Waals surface area contributed by atoms with Crippen LogP contribution in [0.15, 0.2) is 0 Å². The van der Waals surface area contributed by atoms with E-state index in [4.69, 9.17) is 4.74 Å². The van der Waals surface area contributed by atoms with Crippen LogP contribution in [0, 0.1) is 11.8 Å². The molecule has 0 bridgehead atoms. The Bertz CT molecular complexity index is 309. The maximum Gasteiger partial charge on any atom is 0.409 e. The number of ether oxygens (including phenoxy) is 1. The Balaban J connectivity index is 1.92. The van der Waals surface area contributed by atoms with Crippen LogP contribution in [0.3, 0.4) is 0 Å². The first-order valence-electron chi connectivity index (χ1n) is 6.41. The third-order valence-corrected chi connectivity index (χ3v) is 3.91. The summed E-state index contributed by atoms with van der Waals surface area (Å²) in [6.07, 6.45) is 1.08. The molecule has 1 amide bonds. The van der Waals surface area contributed by atoms with E-state index < -0.39 is 0 Å². The number of hydrogen-bond acceptors (Lipinski definition) is 3. The predicted molar refractivity (Wildman–Crippen MR) is 66.9 cm³/mol. The maximum atomic E-state index is 11.5. The summed E-state index contributed by atoms with van der Waals surface area (Å²) in [7, 11) is 3.44. The van der Waals surface area contributed by atoms with Gasteiger partial charge in [0.15, 0.2) is 0 Å². The van der Waals surface area contributed by atoms with Crippen molar-refractivity contribution in [1.29, 1.82) is 0 Å². The number of likely N-dealkylation sites (tertiary alicyclic amines) is 1. The highest BCUT2D eigenvalue weighted by molar-refractivity contribution is 5.66. The minimum absolute atomic E-state index is 0.169. The molecule has 0 radical (unpaired) electrons. The normalized spacial score (nSPS) is 32.2. The lowest BCUT2D eigenvalue weighted by molar-refractivity contribution is 0.0401. The quantitative estimate of drug-likeness (QED) is 0.738. The van der Waals surface area contributed by atoms with Crippen molar-refractivity contribution in [3.05, 3.63) is 0 Å². The molecule has 1 saturated carbocycles. The summed E-state index contributed by atoms with van der Waals surface area (Å²) in [6, 6.07) is 0.420. The molecule has 1 saturated heterocycles. The smallest absolute Gasteiger partial charge is 0.409 e. The lowest BCUT2D eigenvalue weighted by Gasteiger charge is -2.38. The Labute approximate surface area is 104 Å². The first kappa shape index (κ1) is 12.7. The number of rotatable bonds is 2. The fraction of sp³-hybridized carbons (Fsp3) is 0.923. The zero-order valence-electron chi connectivity index (χ0n) is 11.6. The number of fused-ring (bicyclic) bond motifs is 1. The average molecular weight is 240 g/mol. The summed E-state index contributed by atoms with van der Waals surface area (Å²) in [4.78, 5) is 15.4. The lowest BCUT2D eigenvalue weighted by atomic mass is 10.0. The molecule has 0 aromatic rings. The van der Waals surface area contributed by atoms with Gasteiger partial charge in [-0.15, -0.1) is 0 Å². The molecule has 0 spiro atoms. The van der Waals surface area contributed by atoms with E-state index in [9.17, 15) is 4.79 Å². The predicted octanol–water partition coefficient (Wildman–Crippen LogP) is 1.80. The van der Waals surface area contributed by atoms with Crippen LogP contribution in [0.5, 0.6) is 0 Å². The summed E-state index contributed by atoms with van der Waals surface area (Å²) >= 11 is 0. The Morgan fingerprint density at radius 3 is 2.59 bits per heavy atom.